The van der Waals surface area contributed by atoms with Gasteiger partial charge in [-0.3, -0.25) is 0 Å². The van der Waals surface area contributed by atoms with Crippen molar-refractivity contribution in [2.24, 2.45) is 11.5 Å². The van der Waals surface area contributed by atoms with E-state index >= 15 is 0 Å². The van der Waals surface area contributed by atoms with Gasteiger partial charge in [0.1, 0.15) is 0 Å². The van der Waals surface area contributed by atoms with E-state index in [4.69, 9.17) is 21.7 Å². The molecule has 0 aromatic heterocycles. The van der Waals surface area contributed by atoms with E-state index in [1.165, 1.54) is 0 Å². The number of carboxylic acid groups (broad SMARTS) is 2. The number of carboxylic acids is 2. The Kier molecular flexibility index (Phi) is 30.4. The van der Waals surface area contributed by atoms with Gasteiger partial charge in [0, 0.05) is 51.4 Å². The Labute approximate surface area is 117 Å². The van der Waals surface area contributed by atoms with Crippen molar-refractivity contribution in [3.8, 4) is 0 Å². The zero-order valence-electron chi connectivity index (χ0n) is 11.3. The lowest BCUT2D eigenvalue weighted by Gasteiger charge is -2.03. The van der Waals surface area contributed by atoms with Crippen LogP contribution in [0.2, 0.25) is 0 Å². The van der Waals surface area contributed by atoms with E-state index in [1.54, 1.807) is 0 Å². The summed E-state index contributed by atoms with van der Waals surface area (Å²) in [6, 6.07) is 0. The molecule has 12 N–H and O–H groups in total. The molecule has 20 heavy (non-hydrogen) atoms. The van der Waals surface area contributed by atoms with E-state index in [0.29, 0.717) is 25.2 Å². The summed E-state index contributed by atoms with van der Waals surface area (Å²) in [6.07, 6.45) is 1.12. The molecule has 0 aliphatic carbocycles. The molecule has 0 bridgehead atoms. The molecular formula is C10H26N4O6. The molecule has 0 aliphatic heterocycles. The van der Waals surface area contributed by atoms with Gasteiger partial charge in [0.25, 0.3) is 0 Å². The Morgan fingerprint density at radius 1 is 0.800 bits per heavy atom. The van der Waals surface area contributed by atoms with Crippen LogP contribution >= 0.6 is 0 Å². The van der Waals surface area contributed by atoms with Crippen LogP contribution in [-0.2, 0) is 9.59 Å². The van der Waals surface area contributed by atoms with E-state index < -0.39 is 11.9 Å². The second kappa shape index (κ2) is 22.6. The second-order valence-corrected chi connectivity index (χ2v) is 3.09. The summed E-state index contributed by atoms with van der Waals surface area (Å²) in [6.45, 7) is 5.14. The number of aliphatic carboxylic acids is 2. The highest BCUT2D eigenvalue weighted by molar-refractivity contribution is 5.89. The Balaban J connectivity index is -0.000000119. The van der Waals surface area contributed by atoms with E-state index in [1.807, 2.05) is 0 Å². The predicted octanol–water partition coefficient (Wildman–Crippen LogP) is -3.85. The van der Waals surface area contributed by atoms with E-state index in [0.717, 1.165) is 26.2 Å². The molecule has 0 unspecified atom stereocenters. The zero-order chi connectivity index (χ0) is 14.2. The van der Waals surface area contributed by atoms with Gasteiger partial charge in [-0.15, -0.1) is 0 Å². The van der Waals surface area contributed by atoms with Crippen molar-refractivity contribution in [1.29, 1.82) is 0 Å². The molecule has 0 amide bonds. The van der Waals surface area contributed by atoms with Crippen LogP contribution in [0.5, 0.6) is 0 Å². The fraction of sp³-hybridized carbons (Fsp3) is 0.600. The Morgan fingerprint density at radius 3 is 1.30 bits per heavy atom. The average Bonchev–Trinajstić information content (AvgIpc) is 2.32. The smallest absolute Gasteiger partial charge is 0.328 e. The number of rotatable bonds is 9. The summed E-state index contributed by atoms with van der Waals surface area (Å²) in [4.78, 5) is 19.1. The van der Waals surface area contributed by atoms with Crippen molar-refractivity contribution in [3.63, 3.8) is 0 Å². The van der Waals surface area contributed by atoms with Crippen molar-refractivity contribution in [2.75, 3.05) is 39.3 Å². The highest BCUT2D eigenvalue weighted by Crippen LogP contribution is 1.70. The number of hydrogen-bond donors (Lipinski definition) is 6. The van der Waals surface area contributed by atoms with Crippen molar-refractivity contribution in [2.45, 2.75) is 0 Å². The van der Waals surface area contributed by atoms with Crippen LogP contribution in [0.3, 0.4) is 0 Å². The Bertz CT molecular complexity index is 226. The maximum absolute atomic E-state index is 9.55. The van der Waals surface area contributed by atoms with E-state index in [2.05, 4.69) is 10.6 Å². The zero-order valence-corrected chi connectivity index (χ0v) is 11.3. The van der Waals surface area contributed by atoms with E-state index in [-0.39, 0.29) is 11.0 Å². The molecule has 10 heteroatoms. The molecule has 0 fully saturated rings. The lowest BCUT2D eigenvalue weighted by molar-refractivity contribution is -0.134. The predicted molar refractivity (Wildman–Crippen MR) is 75.5 cm³/mol. The van der Waals surface area contributed by atoms with Crippen LogP contribution in [0.15, 0.2) is 12.2 Å². The molecule has 0 heterocycles. The standard InChI is InChI=1S/C6H18N4.C4H4O4.2H2O/c7-1-3-9-5-6-10-4-2-8;5-3(6)1-2-4(7)8;;/h9-10H,1-8H2;1-2H,(H,5,6)(H,7,8);2*1H2/b;2-1-;;. The van der Waals surface area contributed by atoms with Gasteiger partial charge in [-0.25, -0.2) is 9.59 Å². The van der Waals surface area contributed by atoms with Gasteiger partial charge < -0.3 is 43.3 Å². The van der Waals surface area contributed by atoms with Gasteiger partial charge in [-0.1, -0.05) is 0 Å². The largest absolute Gasteiger partial charge is 0.478 e. The second-order valence-electron chi connectivity index (χ2n) is 3.09. The SMILES string of the molecule is NCCNCCNCCN.O.O.O=C(O)/C=C\C(=O)O. The van der Waals surface area contributed by atoms with Gasteiger partial charge in [0.2, 0.25) is 0 Å². The molecule has 0 aliphatic rings. The first-order chi connectivity index (χ1) is 8.54. The van der Waals surface area contributed by atoms with Crippen LogP contribution in [-0.4, -0.2) is 72.4 Å². The van der Waals surface area contributed by atoms with Gasteiger partial charge in [-0.05, 0) is 0 Å². The third-order valence-electron chi connectivity index (χ3n) is 1.49. The lowest BCUT2D eigenvalue weighted by atomic mass is 10.5. The highest BCUT2D eigenvalue weighted by Gasteiger charge is 1.88. The molecule has 122 valence electrons. The number of hydrogen-bond acceptors (Lipinski definition) is 6. The van der Waals surface area contributed by atoms with Crippen molar-refractivity contribution in [3.05, 3.63) is 12.2 Å². The molecule has 0 saturated heterocycles. The molecule has 0 radical (unpaired) electrons. The van der Waals surface area contributed by atoms with Crippen molar-refractivity contribution in [1.82, 2.24) is 10.6 Å². The maximum Gasteiger partial charge on any atom is 0.328 e. The third kappa shape index (κ3) is 36.0. The molecule has 0 aromatic rings. The summed E-state index contributed by atoms with van der Waals surface area (Å²) >= 11 is 0. The minimum atomic E-state index is -1.26. The third-order valence-corrected chi connectivity index (χ3v) is 1.49. The monoisotopic (exact) mass is 298 g/mol. The van der Waals surface area contributed by atoms with Crippen LogP contribution in [0.4, 0.5) is 0 Å². The fourth-order valence-corrected chi connectivity index (χ4v) is 0.773. The number of carbonyl (C=O) groups is 2. The summed E-state index contributed by atoms with van der Waals surface area (Å²) < 4.78 is 0. The van der Waals surface area contributed by atoms with Gasteiger partial charge in [0.15, 0.2) is 0 Å². The van der Waals surface area contributed by atoms with Gasteiger partial charge >= 0.3 is 11.9 Å². The summed E-state index contributed by atoms with van der Waals surface area (Å²) in [5.41, 5.74) is 10.5. The van der Waals surface area contributed by atoms with Crippen LogP contribution in [0.1, 0.15) is 0 Å². The topological polar surface area (TPSA) is 214 Å². The van der Waals surface area contributed by atoms with Gasteiger partial charge in [-0.2, -0.15) is 0 Å². The first-order valence-corrected chi connectivity index (χ1v) is 5.50. The molecule has 10 nitrogen and oxygen atoms in total. The molecule has 0 rings (SSSR count). The Hall–Kier alpha value is -1.56. The van der Waals surface area contributed by atoms with E-state index in [9.17, 15) is 9.59 Å². The molecule has 0 saturated carbocycles. The first kappa shape index (κ1) is 26.9. The summed E-state index contributed by atoms with van der Waals surface area (Å²) in [5, 5.41) is 22.0. The van der Waals surface area contributed by atoms with Crippen LogP contribution < -0.4 is 22.1 Å². The van der Waals surface area contributed by atoms with Crippen molar-refractivity contribution < 1.29 is 30.8 Å². The minimum Gasteiger partial charge on any atom is -0.478 e. The average molecular weight is 298 g/mol. The molecule has 0 aromatic carbocycles. The van der Waals surface area contributed by atoms with Crippen LogP contribution in [0.25, 0.3) is 0 Å². The highest BCUT2D eigenvalue weighted by atomic mass is 16.4. The first-order valence-electron chi connectivity index (χ1n) is 5.50. The summed E-state index contributed by atoms with van der Waals surface area (Å²) in [7, 11) is 0. The lowest BCUT2D eigenvalue weighted by Crippen LogP contribution is -2.32. The number of nitrogens with two attached hydrogens (primary N) is 2. The van der Waals surface area contributed by atoms with Gasteiger partial charge in [0.05, 0.1) is 0 Å². The Morgan fingerprint density at radius 2 is 1.10 bits per heavy atom. The van der Waals surface area contributed by atoms with Crippen molar-refractivity contribution >= 4 is 11.9 Å². The molecular weight excluding hydrogens is 272 g/mol. The molecule has 0 atom stereocenters. The summed E-state index contributed by atoms with van der Waals surface area (Å²) in [5.74, 6) is -2.51. The molecule has 0 spiro atoms. The minimum absolute atomic E-state index is 0. The van der Waals surface area contributed by atoms with Crippen LogP contribution in [0, 0.1) is 0 Å². The normalized spacial score (nSPS) is 8.90. The fourth-order valence-electron chi connectivity index (χ4n) is 0.773. The number of nitrogens with one attached hydrogen (secondary N) is 2. The quantitative estimate of drug-likeness (QED) is 0.182. The maximum atomic E-state index is 9.55.